The van der Waals surface area contributed by atoms with Crippen LogP contribution in [0.25, 0.3) is 6.08 Å². The lowest BCUT2D eigenvalue weighted by molar-refractivity contribution is 1.03. The largest absolute Gasteiger partial charge is 0.375 e. The molecule has 0 aliphatic rings. The summed E-state index contributed by atoms with van der Waals surface area (Å²) in [4.78, 5) is 0. The van der Waals surface area contributed by atoms with Gasteiger partial charge in [0, 0.05) is 10.0 Å². The first-order valence-electron chi connectivity index (χ1n) is 6.28. The van der Waals surface area contributed by atoms with Crippen molar-refractivity contribution in [3.63, 3.8) is 0 Å². The Kier molecular flexibility index (Phi) is 5.66. The molecule has 0 saturated heterocycles. The molecule has 106 valence electrons. The molecular weight excluding hydrogens is 346 g/mol. The van der Waals surface area contributed by atoms with Gasteiger partial charge in [-0.25, -0.2) is 0 Å². The Morgan fingerprint density at radius 1 is 1.10 bits per heavy atom. The van der Waals surface area contributed by atoms with Crippen LogP contribution in [-0.4, -0.2) is 10.8 Å². The number of thiocarbonyl (C=S) groups is 1. The van der Waals surface area contributed by atoms with Crippen LogP contribution in [-0.2, 0) is 0 Å². The summed E-state index contributed by atoms with van der Waals surface area (Å²) in [6.45, 7) is 0. The van der Waals surface area contributed by atoms with E-state index in [9.17, 15) is 0 Å². The monoisotopic (exact) mass is 359 g/mol. The van der Waals surface area contributed by atoms with Crippen molar-refractivity contribution in [1.82, 2.24) is 5.43 Å². The molecule has 2 rings (SSSR count). The van der Waals surface area contributed by atoms with Gasteiger partial charge in [-0.15, -0.1) is 0 Å². The molecule has 0 aromatic heterocycles. The van der Waals surface area contributed by atoms with E-state index in [1.807, 2.05) is 66.7 Å². The van der Waals surface area contributed by atoms with E-state index in [0.29, 0.717) is 0 Å². The Balaban J connectivity index is 2.31. The lowest BCUT2D eigenvalue weighted by atomic mass is 10.1. The summed E-state index contributed by atoms with van der Waals surface area (Å²) in [6.07, 6.45) is 3.90. The summed E-state index contributed by atoms with van der Waals surface area (Å²) in [5, 5.41) is 4.37. The van der Waals surface area contributed by atoms with Gasteiger partial charge in [0.05, 0.1) is 5.71 Å². The molecule has 0 amide bonds. The number of hydrogen-bond acceptors (Lipinski definition) is 2. The third kappa shape index (κ3) is 4.81. The Hall–Kier alpha value is -1.98. The van der Waals surface area contributed by atoms with Gasteiger partial charge in [0.25, 0.3) is 0 Å². The van der Waals surface area contributed by atoms with Gasteiger partial charge in [0.2, 0.25) is 0 Å². The zero-order valence-corrected chi connectivity index (χ0v) is 13.6. The van der Waals surface area contributed by atoms with Crippen molar-refractivity contribution in [3.8, 4) is 0 Å². The number of hydrazone groups is 1. The van der Waals surface area contributed by atoms with Gasteiger partial charge < -0.3 is 5.73 Å². The summed E-state index contributed by atoms with van der Waals surface area (Å²) in [7, 11) is 0. The first kappa shape index (κ1) is 15.4. The van der Waals surface area contributed by atoms with Crippen LogP contribution in [0.2, 0.25) is 0 Å². The zero-order valence-electron chi connectivity index (χ0n) is 11.2. The molecule has 2 aromatic rings. The van der Waals surface area contributed by atoms with Crippen molar-refractivity contribution in [2.45, 2.75) is 0 Å². The molecule has 0 atom stereocenters. The highest BCUT2D eigenvalue weighted by molar-refractivity contribution is 9.10. The fourth-order valence-corrected chi connectivity index (χ4v) is 2.16. The van der Waals surface area contributed by atoms with Crippen molar-refractivity contribution in [2.24, 2.45) is 10.8 Å². The second-order valence-corrected chi connectivity index (χ2v) is 5.49. The molecule has 21 heavy (non-hydrogen) atoms. The highest BCUT2D eigenvalue weighted by Gasteiger charge is 2.00. The molecule has 0 heterocycles. The molecule has 0 saturated carbocycles. The van der Waals surface area contributed by atoms with Crippen LogP contribution < -0.4 is 11.2 Å². The van der Waals surface area contributed by atoms with Gasteiger partial charge >= 0.3 is 0 Å². The fraction of sp³-hybridized carbons (Fsp3) is 0. The Morgan fingerprint density at radius 3 is 2.43 bits per heavy atom. The summed E-state index contributed by atoms with van der Waals surface area (Å²) < 4.78 is 1.02. The molecule has 3 nitrogen and oxygen atoms in total. The summed E-state index contributed by atoms with van der Waals surface area (Å²) >= 11 is 8.31. The van der Waals surface area contributed by atoms with Gasteiger partial charge in [0.1, 0.15) is 0 Å². The molecule has 0 radical (unpaired) electrons. The first-order valence-corrected chi connectivity index (χ1v) is 7.48. The van der Waals surface area contributed by atoms with Crippen molar-refractivity contribution in [1.29, 1.82) is 0 Å². The molecule has 0 aliphatic carbocycles. The average molecular weight is 360 g/mol. The predicted octanol–water partition coefficient (Wildman–Crippen LogP) is 3.70. The van der Waals surface area contributed by atoms with Crippen molar-refractivity contribution in [3.05, 3.63) is 76.3 Å². The summed E-state index contributed by atoms with van der Waals surface area (Å²) in [5.41, 5.74) is 10.9. The van der Waals surface area contributed by atoms with E-state index in [4.69, 9.17) is 18.0 Å². The number of allylic oxidation sites excluding steroid dienone is 1. The molecule has 2 aromatic carbocycles. The van der Waals surface area contributed by atoms with Gasteiger partial charge in [-0.3, -0.25) is 5.43 Å². The Labute approximate surface area is 137 Å². The van der Waals surface area contributed by atoms with E-state index in [0.717, 1.165) is 21.3 Å². The smallest absolute Gasteiger partial charge is 0.184 e. The minimum absolute atomic E-state index is 0.137. The fourth-order valence-electron chi connectivity index (χ4n) is 1.70. The second kappa shape index (κ2) is 7.71. The Bertz CT molecular complexity index is 681. The van der Waals surface area contributed by atoms with Crippen LogP contribution in [0.15, 0.2) is 70.2 Å². The molecule has 0 fully saturated rings. The number of rotatable bonds is 4. The van der Waals surface area contributed by atoms with Crippen LogP contribution in [0.1, 0.15) is 11.1 Å². The molecule has 5 heteroatoms. The molecular formula is C16H14BrN3S. The molecule has 0 spiro atoms. The number of nitrogens with one attached hydrogen (secondary N) is 1. The van der Waals surface area contributed by atoms with Crippen LogP contribution in [0, 0.1) is 0 Å². The average Bonchev–Trinajstić information content (AvgIpc) is 2.49. The third-order valence-electron chi connectivity index (χ3n) is 2.68. The van der Waals surface area contributed by atoms with Crippen molar-refractivity contribution in [2.75, 3.05) is 0 Å². The van der Waals surface area contributed by atoms with Crippen molar-refractivity contribution >= 4 is 45.0 Å². The number of nitrogens with two attached hydrogens (primary N) is 1. The molecule has 0 bridgehead atoms. The van der Waals surface area contributed by atoms with Crippen LogP contribution >= 0.6 is 28.1 Å². The van der Waals surface area contributed by atoms with E-state index >= 15 is 0 Å². The van der Waals surface area contributed by atoms with Gasteiger partial charge in [-0.05, 0) is 29.9 Å². The summed E-state index contributed by atoms with van der Waals surface area (Å²) in [5.74, 6) is 0. The number of benzene rings is 2. The zero-order chi connectivity index (χ0) is 15.1. The Morgan fingerprint density at radius 2 is 1.76 bits per heavy atom. The number of halogens is 1. The van der Waals surface area contributed by atoms with E-state index in [-0.39, 0.29) is 5.11 Å². The third-order valence-corrected chi connectivity index (χ3v) is 3.50. The molecule has 0 unspecified atom stereocenters. The van der Waals surface area contributed by atoms with E-state index in [2.05, 4.69) is 26.5 Å². The predicted molar refractivity (Wildman–Crippen MR) is 96.1 cm³/mol. The lowest BCUT2D eigenvalue weighted by Crippen LogP contribution is -2.25. The van der Waals surface area contributed by atoms with Gasteiger partial charge in [-0.1, -0.05) is 70.5 Å². The first-order chi connectivity index (χ1) is 10.2. The van der Waals surface area contributed by atoms with Crippen LogP contribution in [0.3, 0.4) is 0 Å². The SMILES string of the molecule is NC(=S)N/N=C(/C=C/c1ccccc1Br)c1ccccc1. The van der Waals surface area contributed by atoms with Gasteiger partial charge in [0.15, 0.2) is 5.11 Å². The normalized spacial score (nSPS) is 11.6. The lowest BCUT2D eigenvalue weighted by Gasteiger charge is -2.03. The minimum atomic E-state index is 0.137. The molecule has 0 aliphatic heterocycles. The quantitative estimate of drug-likeness (QED) is 0.497. The highest BCUT2D eigenvalue weighted by Crippen LogP contribution is 2.17. The van der Waals surface area contributed by atoms with E-state index < -0.39 is 0 Å². The summed E-state index contributed by atoms with van der Waals surface area (Å²) in [6, 6.07) is 17.8. The van der Waals surface area contributed by atoms with E-state index in [1.165, 1.54) is 0 Å². The van der Waals surface area contributed by atoms with Gasteiger partial charge in [-0.2, -0.15) is 5.10 Å². The standard InChI is InChI=1S/C16H14BrN3S/c17-14-9-5-4-6-12(14)10-11-15(19-20-16(18)21)13-7-2-1-3-8-13/h1-11H,(H3,18,20,21)/b11-10+,19-15-. The maximum atomic E-state index is 5.43. The minimum Gasteiger partial charge on any atom is -0.375 e. The maximum absolute atomic E-state index is 5.43. The van der Waals surface area contributed by atoms with Crippen LogP contribution in [0.5, 0.6) is 0 Å². The second-order valence-electron chi connectivity index (χ2n) is 4.19. The topological polar surface area (TPSA) is 50.4 Å². The number of nitrogens with zero attached hydrogens (tertiary/aromatic N) is 1. The van der Waals surface area contributed by atoms with Crippen molar-refractivity contribution < 1.29 is 0 Å². The van der Waals surface area contributed by atoms with Crippen LogP contribution in [0.4, 0.5) is 0 Å². The molecule has 3 N–H and O–H groups in total. The highest BCUT2D eigenvalue weighted by atomic mass is 79.9. The maximum Gasteiger partial charge on any atom is 0.184 e. The number of hydrogen-bond donors (Lipinski definition) is 2. The van der Waals surface area contributed by atoms with E-state index in [1.54, 1.807) is 0 Å².